The van der Waals surface area contributed by atoms with Gasteiger partial charge in [-0.15, -0.1) is 0 Å². The highest BCUT2D eigenvalue weighted by Crippen LogP contribution is 2.22. The highest BCUT2D eigenvalue weighted by molar-refractivity contribution is 5.96. The zero-order chi connectivity index (χ0) is 16.1. The van der Waals surface area contributed by atoms with Gasteiger partial charge in [0, 0.05) is 17.8 Å². The van der Waals surface area contributed by atoms with E-state index in [1.165, 1.54) is 5.56 Å². The highest BCUT2D eigenvalue weighted by atomic mass is 14.9. The Hall–Kier alpha value is -3.07. The molecular formula is C20H19N3. The summed E-state index contributed by atoms with van der Waals surface area (Å²) in [6.07, 6.45) is 0. The van der Waals surface area contributed by atoms with Gasteiger partial charge in [-0.2, -0.15) is 0 Å². The van der Waals surface area contributed by atoms with Crippen LogP contribution in [0.1, 0.15) is 11.1 Å². The zero-order valence-electron chi connectivity index (χ0n) is 12.8. The molecule has 0 bridgehead atoms. The normalized spacial score (nSPS) is 10.3. The number of benzene rings is 3. The van der Waals surface area contributed by atoms with Crippen LogP contribution in [0.2, 0.25) is 0 Å². The number of hydrogen-bond donors (Lipinski definition) is 3. The molecule has 0 saturated heterocycles. The minimum atomic E-state index is 0.0914. The standard InChI is InChI=1S/C20H19N3/c21-20(22)18-9-5-8-17(13-18)16-7-4-6-15(12-16)14-23-19-10-2-1-3-11-19/h1-13,23H,14H2,(H3,21,22). The smallest absolute Gasteiger partial charge is 0.122 e. The number of nitrogen functional groups attached to an aromatic ring is 1. The van der Waals surface area contributed by atoms with E-state index in [0.717, 1.165) is 28.9 Å². The number of hydrogen-bond acceptors (Lipinski definition) is 2. The van der Waals surface area contributed by atoms with Crippen LogP contribution in [0.5, 0.6) is 0 Å². The van der Waals surface area contributed by atoms with Crippen LogP contribution in [-0.4, -0.2) is 5.84 Å². The van der Waals surface area contributed by atoms with Crippen LogP contribution < -0.4 is 11.1 Å². The predicted octanol–water partition coefficient (Wildman–Crippen LogP) is 4.25. The molecule has 0 unspecified atom stereocenters. The molecule has 114 valence electrons. The van der Waals surface area contributed by atoms with E-state index < -0.39 is 0 Å². The summed E-state index contributed by atoms with van der Waals surface area (Å²) in [4.78, 5) is 0. The summed E-state index contributed by atoms with van der Waals surface area (Å²) in [5.41, 5.74) is 10.8. The van der Waals surface area contributed by atoms with E-state index in [0.29, 0.717) is 0 Å². The summed E-state index contributed by atoms with van der Waals surface area (Å²) in [5, 5.41) is 11.0. The highest BCUT2D eigenvalue weighted by Gasteiger charge is 2.02. The largest absolute Gasteiger partial charge is 0.384 e. The van der Waals surface area contributed by atoms with Crippen LogP contribution in [0, 0.1) is 5.41 Å². The average molecular weight is 301 g/mol. The SMILES string of the molecule is N=C(N)c1cccc(-c2cccc(CNc3ccccc3)c2)c1. The Labute approximate surface area is 136 Å². The lowest BCUT2D eigenvalue weighted by Gasteiger charge is -2.09. The Morgan fingerprint density at radius 1 is 0.826 bits per heavy atom. The number of nitrogens with one attached hydrogen (secondary N) is 2. The third-order valence-corrected chi connectivity index (χ3v) is 3.70. The molecule has 3 heteroatoms. The van der Waals surface area contributed by atoms with Crippen molar-refractivity contribution in [3.8, 4) is 11.1 Å². The maximum Gasteiger partial charge on any atom is 0.122 e. The second kappa shape index (κ2) is 6.79. The Bertz CT molecular complexity index is 810. The molecule has 0 atom stereocenters. The summed E-state index contributed by atoms with van der Waals surface area (Å²) in [6.45, 7) is 0.768. The number of anilines is 1. The summed E-state index contributed by atoms with van der Waals surface area (Å²) in [5.74, 6) is 0.0914. The van der Waals surface area contributed by atoms with Crippen LogP contribution in [-0.2, 0) is 6.54 Å². The fourth-order valence-electron chi connectivity index (χ4n) is 2.49. The number of para-hydroxylation sites is 1. The number of amidine groups is 1. The fourth-order valence-corrected chi connectivity index (χ4v) is 2.49. The van der Waals surface area contributed by atoms with Crippen molar-refractivity contribution in [2.75, 3.05) is 5.32 Å². The molecule has 0 aliphatic carbocycles. The maximum absolute atomic E-state index is 7.57. The molecule has 0 amide bonds. The molecule has 0 aromatic heterocycles. The van der Waals surface area contributed by atoms with Gasteiger partial charge in [-0.05, 0) is 41.0 Å². The average Bonchev–Trinajstić information content (AvgIpc) is 2.61. The summed E-state index contributed by atoms with van der Waals surface area (Å²) < 4.78 is 0. The van der Waals surface area contributed by atoms with Gasteiger partial charge in [0.05, 0.1) is 0 Å². The molecule has 23 heavy (non-hydrogen) atoms. The molecule has 0 spiro atoms. The van der Waals surface area contributed by atoms with Gasteiger partial charge >= 0.3 is 0 Å². The predicted molar refractivity (Wildman–Crippen MR) is 96.7 cm³/mol. The Morgan fingerprint density at radius 3 is 2.26 bits per heavy atom. The lowest BCUT2D eigenvalue weighted by molar-refractivity contribution is 1.15. The van der Waals surface area contributed by atoms with Gasteiger partial charge in [-0.3, -0.25) is 5.41 Å². The molecular weight excluding hydrogens is 282 g/mol. The van der Waals surface area contributed by atoms with Gasteiger partial charge in [0.15, 0.2) is 0 Å². The summed E-state index contributed by atoms with van der Waals surface area (Å²) >= 11 is 0. The van der Waals surface area contributed by atoms with Crippen molar-refractivity contribution in [1.29, 1.82) is 5.41 Å². The molecule has 0 saturated carbocycles. The van der Waals surface area contributed by atoms with E-state index in [1.807, 2.05) is 42.5 Å². The van der Waals surface area contributed by atoms with E-state index in [1.54, 1.807) is 0 Å². The molecule has 3 nitrogen and oxygen atoms in total. The molecule has 3 aromatic rings. The van der Waals surface area contributed by atoms with Crippen molar-refractivity contribution in [2.24, 2.45) is 5.73 Å². The molecule has 0 heterocycles. The van der Waals surface area contributed by atoms with Crippen molar-refractivity contribution in [1.82, 2.24) is 0 Å². The Morgan fingerprint density at radius 2 is 1.52 bits per heavy atom. The monoisotopic (exact) mass is 301 g/mol. The van der Waals surface area contributed by atoms with Crippen LogP contribution in [0.15, 0.2) is 78.9 Å². The maximum atomic E-state index is 7.57. The topological polar surface area (TPSA) is 61.9 Å². The van der Waals surface area contributed by atoms with E-state index in [9.17, 15) is 0 Å². The van der Waals surface area contributed by atoms with Gasteiger partial charge in [0.2, 0.25) is 0 Å². The van der Waals surface area contributed by atoms with E-state index >= 15 is 0 Å². The lowest BCUT2D eigenvalue weighted by Crippen LogP contribution is -2.10. The van der Waals surface area contributed by atoms with E-state index in [2.05, 4.69) is 41.7 Å². The lowest BCUT2D eigenvalue weighted by atomic mass is 10.0. The van der Waals surface area contributed by atoms with Crippen LogP contribution >= 0.6 is 0 Å². The van der Waals surface area contributed by atoms with Crippen molar-refractivity contribution in [2.45, 2.75) is 6.54 Å². The van der Waals surface area contributed by atoms with E-state index in [4.69, 9.17) is 11.1 Å². The second-order valence-corrected chi connectivity index (χ2v) is 5.41. The van der Waals surface area contributed by atoms with Crippen molar-refractivity contribution in [3.05, 3.63) is 90.0 Å². The van der Waals surface area contributed by atoms with Gasteiger partial charge in [-0.1, -0.05) is 54.6 Å². The van der Waals surface area contributed by atoms with E-state index in [-0.39, 0.29) is 5.84 Å². The van der Waals surface area contributed by atoms with Crippen LogP contribution in [0.3, 0.4) is 0 Å². The summed E-state index contributed by atoms with van der Waals surface area (Å²) in [6, 6.07) is 26.3. The minimum Gasteiger partial charge on any atom is -0.384 e. The molecule has 4 N–H and O–H groups in total. The zero-order valence-corrected chi connectivity index (χ0v) is 12.8. The molecule has 3 aromatic carbocycles. The first kappa shape index (κ1) is 14.9. The third kappa shape index (κ3) is 3.77. The molecule has 0 aliphatic rings. The first-order valence-corrected chi connectivity index (χ1v) is 7.55. The summed E-state index contributed by atoms with van der Waals surface area (Å²) in [7, 11) is 0. The Kier molecular flexibility index (Phi) is 4.39. The van der Waals surface area contributed by atoms with Crippen LogP contribution in [0.4, 0.5) is 5.69 Å². The first-order valence-electron chi connectivity index (χ1n) is 7.55. The third-order valence-electron chi connectivity index (χ3n) is 3.70. The molecule has 0 aliphatic heterocycles. The second-order valence-electron chi connectivity index (χ2n) is 5.41. The van der Waals surface area contributed by atoms with Gasteiger partial charge in [0.1, 0.15) is 5.84 Å². The first-order chi connectivity index (χ1) is 11.2. The number of nitrogens with two attached hydrogens (primary N) is 1. The van der Waals surface area contributed by atoms with Crippen molar-refractivity contribution in [3.63, 3.8) is 0 Å². The quantitative estimate of drug-likeness (QED) is 0.487. The molecule has 0 fully saturated rings. The number of rotatable bonds is 5. The van der Waals surface area contributed by atoms with Gasteiger partial charge in [0.25, 0.3) is 0 Å². The van der Waals surface area contributed by atoms with Crippen molar-refractivity contribution < 1.29 is 0 Å². The molecule has 0 radical (unpaired) electrons. The molecule has 3 rings (SSSR count). The fraction of sp³-hybridized carbons (Fsp3) is 0.0500. The van der Waals surface area contributed by atoms with Gasteiger partial charge < -0.3 is 11.1 Å². The minimum absolute atomic E-state index is 0.0914. The van der Waals surface area contributed by atoms with Crippen LogP contribution in [0.25, 0.3) is 11.1 Å². The van der Waals surface area contributed by atoms with Crippen molar-refractivity contribution >= 4 is 11.5 Å². The van der Waals surface area contributed by atoms with Gasteiger partial charge in [-0.25, -0.2) is 0 Å². The Balaban J connectivity index is 1.80.